The van der Waals surface area contributed by atoms with E-state index in [0.717, 1.165) is 5.56 Å². The normalized spacial score (nSPS) is 15.7. The van der Waals surface area contributed by atoms with Crippen molar-refractivity contribution in [2.45, 2.75) is 77.5 Å². The van der Waals surface area contributed by atoms with Crippen LogP contribution in [0.2, 0.25) is 0 Å². The number of nitrogens with one attached hydrogen (secondary N) is 2. The van der Waals surface area contributed by atoms with E-state index in [1.54, 1.807) is 57.2 Å². The molecule has 0 spiro atoms. The van der Waals surface area contributed by atoms with Crippen molar-refractivity contribution in [1.29, 1.82) is 0 Å². The number of fused-ring (bicyclic) bond motifs is 1. The van der Waals surface area contributed by atoms with Crippen molar-refractivity contribution in [2.75, 3.05) is 23.4 Å². The van der Waals surface area contributed by atoms with Crippen molar-refractivity contribution < 1.29 is 51.3 Å². The third-order valence-electron chi connectivity index (χ3n) is 8.01. The summed E-state index contributed by atoms with van der Waals surface area (Å²) in [6, 6.07) is 12.3. The minimum absolute atomic E-state index is 0.00965. The Hall–Kier alpha value is -4.98. The first-order valence-corrected chi connectivity index (χ1v) is 16.2. The summed E-state index contributed by atoms with van der Waals surface area (Å²) in [5.74, 6) is -13.1. The number of nitrogens with zero attached hydrogens (tertiary/aromatic N) is 1. The Morgan fingerprint density at radius 3 is 2.16 bits per heavy atom. The molecule has 0 fully saturated rings. The second-order valence-corrected chi connectivity index (χ2v) is 14.3. The molecule has 3 aromatic carbocycles. The maximum Gasteiger partial charge on any atom is 0.316 e. The monoisotopic (exact) mass is 715 g/mol. The minimum atomic E-state index is -1.85. The second kappa shape index (κ2) is 15.5. The Morgan fingerprint density at radius 1 is 0.922 bits per heavy atom. The van der Waals surface area contributed by atoms with Crippen molar-refractivity contribution in [1.82, 2.24) is 5.32 Å². The number of aliphatic hydroxyl groups excluding tert-OH is 1. The van der Waals surface area contributed by atoms with E-state index in [-0.39, 0.29) is 24.4 Å². The first-order chi connectivity index (χ1) is 23.8. The van der Waals surface area contributed by atoms with Gasteiger partial charge in [0.2, 0.25) is 17.5 Å². The number of anilines is 2. The molecular weight excluding hydrogens is 674 g/mol. The fourth-order valence-corrected chi connectivity index (χ4v) is 5.62. The SMILES string of the molecule is CC(C)(C)OC(=O)C[C@H](NC(=O)[C@@H]1Cc2ccccc2N(C(=O)C(=O)Nc2ccccc2C(C)(C)C)C1)C(O)COc1c(F)c(F)cc(F)c1F. The summed E-state index contributed by atoms with van der Waals surface area (Å²) in [5.41, 5.74) is 0.914. The van der Waals surface area contributed by atoms with E-state index in [9.17, 15) is 41.8 Å². The molecule has 0 aliphatic carbocycles. The van der Waals surface area contributed by atoms with Gasteiger partial charge < -0.3 is 30.1 Å². The molecule has 3 amide bonds. The molecule has 0 aromatic heterocycles. The quantitative estimate of drug-likeness (QED) is 0.118. The fraction of sp³-hybridized carbons (Fsp3) is 0.405. The van der Waals surface area contributed by atoms with Gasteiger partial charge in [-0.15, -0.1) is 0 Å². The summed E-state index contributed by atoms with van der Waals surface area (Å²) in [6.45, 7) is 9.38. The van der Waals surface area contributed by atoms with Gasteiger partial charge in [0.25, 0.3) is 0 Å². The van der Waals surface area contributed by atoms with Crippen LogP contribution in [0.15, 0.2) is 54.6 Å². The van der Waals surface area contributed by atoms with Gasteiger partial charge in [-0.2, -0.15) is 8.78 Å². The van der Waals surface area contributed by atoms with Crippen molar-refractivity contribution in [3.63, 3.8) is 0 Å². The summed E-state index contributed by atoms with van der Waals surface area (Å²) in [4.78, 5) is 54.8. The molecule has 1 aliphatic heterocycles. The number of amides is 3. The molecule has 51 heavy (non-hydrogen) atoms. The summed E-state index contributed by atoms with van der Waals surface area (Å²) in [6.07, 6.45) is -2.39. The zero-order valence-corrected chi connectivity index (χ0v) is 29.1. The highest BCUT2D eigenvalue weighted by atomic mass is 19.2. The third-order valence-corrected chi connectivity index (χ3v) is 8.01. The second-order valence-electron chi connectivity index (χ2n) is 14.3. The first kappa shape index (κ1) is 38.8. The van der Waals surface area contributed by atoms with Gasteiger partial charge in [0.15, 0.2) is 17.4 Å². The molecule has 1 unspecified atom stereocenters. The average Bonchev–Trinajstić information content (AvgIpc) is 3.05. The Bertz CT molecular complexity index is 1780. The van der Waals surface area contributed by atoms with Crippen molar-refractivity contribution in [2.24, 2.45) is 5.92 Å². The average molecular weight is 716 g/mol. The van der Waals surface area contributed by atoms with Gasteiger partial charge in [0.1, 0.15) is 18.3 Å². The molecule has 3 atom stereocenters. The Kier molecular flexibility index (Phi) is 11.8. The van der Waals surface area contributed by atoms with Crippen LogP contribution in [0.3, 0.4) is 0 Å². The van der Waals surface area contributed by atoms with Crippen molar-refractivity contribution in [3.8, 4) is 5.75 Å². The number of hydrogen-bond donors (Lipinski definition) is 3. The summed E-state index contributed by atoms with van der Waals surface area (Å²) < 4.78 is 66.1. The standard InChI is InChI=1S/C37H41F4N3O7/c1-36(2,3)22-12-8-9-13-25(22)42-34(48)35(49)44-18-21(15-20-11-7-10-14-27(20)44)33(47)43-26(17-29(46)51-37(4,5)6)28(45)19-50-32-30(40)23(38)16-24(39)31(32)41/h7-14,16,21,26,28,45H,15,17-19H2,1-6H3,(H,42,48)(H,43,47)/t21-,26+,28?/m1/s1. The fourth-order valence-electron chi connectivity index (χ4n) is 5.62. The lowest BCUT2D eigenvalue weighted by atomic mass is 9.86. The number of carbonyl (C=O) groups excluding carboxylic acids is 4. The van der Waals surface area contributed by atoms with Crippen LogP contribution in [0.1, 0.15) is 59.1 Å². The Balaban J connectivity index is 1.56. The lowest BCUT2D eigenvalue weighted by molar-refractivity contribution is -0.156. The van der Waals surface area contributed by atoms with E-state index < -0.39 is 89.4 Å². The van der Waals surface area contributed by atoms with E-state index in [4.69, 9.17) is 9.47 Å². The molecular formula is C37H41F4N3O7. The molecule has 3 aromatic rings. The van der Waals surface area contributed by atoms with Crippen LogP contribution < -0.4 is 20.3 Å². The van der Waals surface area contributed by atoms with Gasteiger partial charge in [-0.25, -0.2) is 8.78 Å². The van der Waals surface area contributed by atoms with E-state index >= 15 is 0 Å². The van der Waals surface area contributed by atoms with Crippen LogP contribution in [-0.4, -0.2) is 59.7 Å². The zero-order valence-electron chi connectivity index (χ0n) is 29.1. The molecule has 274 valence electrons. The summed E-state index contributed by atoms with van der Waals surface area (Å²) in [5, 5.41) is 16.2. The molecule has 0 saturated carbocycles. The summed E-state index contributed by atoms with van der Waals surface area (Å²) in [7, 11) is 0. The molecule has 3 N–H and O–H groups in total. The number of halogens is 4. The molecule has 10 nitrogen and oxygen atoms in total. The van der Waals surface area contributed by atoms with E-state index in [2.05, 4.69) is 10.6 Å². The maximum absolute atomic E-state index is 14.2. The molecule has 1 aliphatic rings. The van der Waals surface area contributed by atoms with Crippen LogP contribution in [0.25, 0.3) is 0 Å². The van der Waals surface area contributed by atoms with Gasteiger partial charge in [0, 0.05) is 24.0 Å². The van der Waals surface area contributed by atoms with Crippen molar-refractivity contribution >= 4 is 35.1 Å². The molecule has 14 heteroatoms. The van der Waals surface area contributed by atoms with Crippen LogP contribution in [0.4, 0.5) is 28.9 Å². The van der Waals surface area contributed by atoms with Gasteiger partial charge >= 0.3 is 17.8 Å². The Morgan fingerprint density at radius 2 is 1.53 bits per heavy atom. The van der Waals surface area contributed by atoms with Crippen LogP contribution in [-0.2, 0) is 35.8 Å². The highest BCUT2D eigenvalue weighted by Gasteiger charge is 2.37. The lowest BCUT2D eigenvalue weighted by Crippen LogP contribution is -2.53. The number of rotatable bonds is 9. The van der Waals surface area contributed by atoms with E-state index in [1.807, 2.05) is 32.9 Å². The number of esters is 1. The van der Waals surface area contributed by atoms with Crippen LogP contribution in [0.5, 0.6) is 5.75 Å². The maximum atomic E-state index is 14.2. The van der Waals surface area contributed by atoms with Gasteiger partial charge in [-0.05, 0) is 55.9 Å². The molecule has 0 saturated heterocycles. The van der Waals surface area contributed by atoms with Gasteiger partial charge in [0.05, 0.1) is 18.4 Å². The number of benzene rings is 3. The molecule has 0 bridgehead atoms. The highest BCUT2D eigenvalue weighted by Crippen LogP contribution is 2.32. The molecule has 4 rings (SSSR count). The van der Waals surface area contributed by atoms with Crippen molar-refractivity contribution in [3.05, 3.63) is 89.0 Å². The predicted molar refractivity (Wildman–Crippen MR) is 180 cm³/mol. The smallest absolute Gasteiger partial charge is 0.316 e. The zero-order chi connectivity index (χ0) is 37.8. The Labute approximate surface area is 293 Å². The van der Waals surface area contributed by atoms with Crippen LogP contribution in [0, 0.1) is 29.2 Å². The largest absolute Gasteiger partial charge is 0.485 e. The van der Waals surface area contributed by atoms with Gasteiger partial charge in [-0.1, -0.05) is 57.2 Å². The lowest BCUT2D eigenvalue weighted by Gasteiger charge is -2.35. The van der Waals surface area contributed by atoms with Crippen LogP contribution >= 0.6 is 0 Å². The van der Waals surface area contributed by atoms with Gasteiger partial charge in [-0.3, -0.25) is 19.2 Å². The first-order valence-electron chi connectivity index (χ1n) is 16.2. The number of carbonyl (C=O) groups is 4. The third kappa shape index (κ3) is 9.63. The minimum Gasteiger partial charge on any atom is -0.485 e. The number of aliphatic hydroxyl groups is 1. The molecule has 0 radical (unpaired) electrons. The molecule has 1 heterocycles. The number of para-hydroxylation sites is 2. The topological polar surface area (TPSA) is 134 Å². The van der Waals surface area contributed by atoms with E-state index in [1.165, 1.54) is 4.90 Å². The number of ether oxygens (including phenoxy) is 2. The predicted octanol–water partition coefficient (Wildman–Crippen LogP) is 5.34. The number of hydrogen-bond acceptors (Lipinski definition) is 7. The summed E-state index contributed by atoms with van der Waals surface area (Å²) >= 11 is 0. The highest BCUT2D eigenvalue weighted by molar-refractivity contribution is 6.44. The van der Waals surface area contributed by atoms with E-state index in [0.29, 0.717) is 16.9 Å².